The SMILES string of the molecule is CCC(CC)(CC)NC(=O)c1sc2cc(Cl)ccc2c1N. The molecule has 3 nitrogen and oxygen atoms in total. The summed E-state index contributed by atoms with van der Waals surface area (Å²) in [7, 11) is 0. The van der Waals surface area contributed by atoms with Crippen molar-refractivity contribution in [3.05, 3.63) is 28.1 Å². The van der Waals surface area contributed by atoms with Gasteiger partial charge in [0.05, 0.1) is 5.69 Å². The van der Waals surface area contributed by atoms with Crippen LogP contribution < -0.4 is 11.1 Å². The number of carbonyl (C=O) groups excluding carboxylic acids is 1. The largest absolute Gasteiger partial charge is 0.397 e. The van der Waals surface area contributed by atoms with Gasteiger partial charge < -0.3 is 11.1 Å². The molecule has 0 bridgehead atoms. The van der Waals surface area contributed by atoms with Crippen molar-refractivity contribution in [2.45, 2.75) is 45.6 Å². The van der Waals surface area contributed by atoms with Crippen LogP contribution in [0.3, 0.4) is 0 Å². The highest BCUT2D eigenvalue weighted by atomic mass is 35.5. The van der Waals surface area contributed by atoms with Gasteiger partial charge in [-0.1, -0.05) is 32.4 Å². The highest BCUT2D eigenvalue weighted by molar-refractivity contribution is 7.21. The third-order valence-corrected chi connectivity index (χ3v) is 5.71. The second kappa shape index (κ2) is 6.24. The fraction of sp³-hybridized carbons (Fsp3) is 0.438. The van der Waals surface area contributed by atoms with E-state index in [-0.39, 0.29) is 11.4 Å². The maximum Gasteiger partial charge on any atom is 0.263 e. The Morgan fingerprint density at radius 1 is 1.29 bits per heavy atom. The normalized spacial score (nSPS) is 11.8. The van der Waals surface area contributed by atoms with E-state index >= 15 is 0 Å². The smallest absolute Gasteiger partial charge is 0.263 e. The van der Waals surface area contributed by atoms with Gasteiger partial charge in [-0.15, -0.1) is 11.3 Å². The van der Waals surface area contributed by atoms with Crippen molar-refractivity contribution in [2.24, 2.45) is 0 Å². The lowest BCUT2D eigenvalue weighted by Crippen LogP contribution is -2.47. The average molecular weight is 325 g/mol. The number of rotatable bonds is 5. The molecule has 2 rings (SSSR count). The maximum atomic E-state index is 12.6. The quantitative estimate of drug-likeness (QED) is 0.827. The minimum atomic E-state index is -0.155. The molecule has 0 atom stereocenters. The fourth-order valence-corrected chi connectivity index (χ4v) is 3.87. The molecule has 0 saturated heterocycles. The lowest BCUT2D eigenvalue weighted by Gasteiger charge is -2.31. The molecule has 21 heavy (non-hydrogen) atoms. The van der Waals surface area contributed by atoms with Crippen LogP contribution in [0.15, 0.2) is 18.2 Å². The molecule has 0 unspecified atom stereocenters. The van der Waals surface area contributed by atoms with Crippen LogP contribution in [0.25, 0.3) is 10.1 Å². The van der Waals surface area contributed by atoms with Crippen LogP contribution >= 0.6 is 22.9 Å². The average Bonchev–Trinajstić information content (AvgIpc) is 2.81. The number of benzene rings is 1. The molecule has 0 aliphatic carbocycles. The molecule has 1 aromatic heterocycles. The third kappa shape index (κ3) is 3.01. The molecular formula is C16H21ClN2OS. The van der Waals surface area contributed by atoms with Crippen LogP contribution in [0.4, 0.5) is 5.69 Å². The number of thiophene rings is 1. The Labute approximate surface area is 134 Å². The predicted octanol–water partition coefficient (Wildman–Crippen LogP) is 4.84. The van der Waals surface area contributed by atoms with E-state index in [0.29, 0.717) is 15.6 Å². The number of carbonyl (C=O) groups is 1. The number of hydrogen-bond acceptors (Lipinski definition) is 3. The van der Waals surface area contributed by atoms with Gasteiger partial charge in [0.2, 0.25) is 0 Å². The van der Waals surface area contributed by atoms with Crippen molar-refractivity contribution < 1.29 is 4.79 Å². The number of nitrogens with one attached hydrogen (secondary N) is 1. The predicted molar refractivity (Wildman–Crippen MR) is 92.3 cm³/mol. The maximum absolute atomic E-state index is 12.6. The number of anilines is 1. The number of nitrogen functional groups attached to an aromatic ring is 1. The van der Waals surface area contributed by atoms with Gasteiger partial charge in [-0.2, -0.15) is 0 Å². The van der Waals surface area contributed by atoms with Crippen molar-refractivity contribution in [1.82, 2.24) is 5.32 Å². The van der Waals surface area contributed by atoms with Gasteiger partial charge in [0, 0.05) is 20.6 Å². The zero-order chi connectivity index (χ0) is 15.6. The summed E-state index contributed by atoms with van der Waals surface area (Å²) in [5.41, 5.74) is 6.53. The summed E-state index contributed by atoms with van der Waals surface area (Å²) in [6.07, 6.45) is 2.72. The molecule has 0 aliphatic heterocycles. The Hall–Kier alpha value is -1.26. The van der Waals surface area contributed by atoms with Crippen LogP contribution in [0, 0.1) is 0 Å². The molecule has 2 aromatic rings. The standard InChI is InChI=1S/C16H21ClN2OS/c1-4-16(5-2,6-3)19-15(20)14-13(18)11-8-7-10(17)9-12(11)21-14/h7-9H,4-6,18H2,1-3H3,(H,19,20). The molecule has 1 heterocycles. The topological polar surface area (TPSA) is 55.1 Å². The molecule has 0 aliphatic rings. The zero-order valence-corrected chi connectivity index (χ0v) is 14.2. The number of halogens is 1. The second-order valence-electron chi connectivity index (χ2n) is 5.28. The van der Waals surface area contributed by atoms with E-state index in [0.717, 1.165) is 29.3 Å². The summed E-state index contributed by atoms with van der Waals surface area (Å²) < 4.78 is 0.945. The van der Waals surface area contributed by atoms with Crippen LogP contribution in [-0.4, -0.2) is 11.4 Å². The number of hydrogen-bond donors (Lipinski definition) is 2. The van der Waals surface area contributed by atoms with Crippen molar-refractivity contribution in [3.63, 3.8) is 0 Å². The van der Waals surface area contributed by atoms with Crippen molar-refractivity contribution in [2.75, 3.05) is 5.73 Å². The van der Waals surface area contributed by atoms with Gasteiger partial charge in [-0.3, -0.25) is 4.79 Å². The first-order chi connectivity index (χ1) is 9.96. The summed E-state index contributed by atoms with van der Waals surface area (Å²) in [6, 6.07) is 5.51. The Balaban J connectivity index is 2.37. The van der Waals surface area contributed by atoms with Crippen molar-refractivity contribution in [1.29, 1.82) is 0 Å². The van der Waals surface area contributed by atoms with Crippen LogP contribution in [0.1, 0.15) is 49.7 Å². The van der Waals surface area contributed by atoms with E-state index in [4.69, 9.17) is 17.3 Å². The summed E-state index contributed by atoms with van der Waals surface area (Å²) in [5.74, 6) is -0.0876. The first-order valence-corrected chi connectivity index (χ1v) is 8.45. The molecular weight excluding hydrogens is 304 g/mol. The summed E-state index contributed by atoms with van der Waals surface area (Å²) in [6.45, 7) is 6.30. The minimum absolute atomic E-state index is 0.0876. The minimum Gasteiger partial charge on any atom is -0.397 e. The van der Waals surface area contributed by atoms with Crippen LogP contribution in [-0.2, 0) is 0 Å². The zero-order valence-electron chi connectivity index (χ0n) is 12.6. The summed E-state index contributed by atoms with van der Waals surface area (Å²) in [5, 5.41) is 4.72. The molecule has 0 radical (unpaired) electrons. The Morgan fingerprint density at radius 2 is 1.90 bits per heavy atom. The van der Waals surface area contributed by atoms with Gasteiger partial charge in [0.1, 0.15) is 4.88 Å². The first-order valence-electron chi connectivity index (χ1n) is 7.26. The van der Waals surface area contributed by atoms with Gasteiger partial charge in [0.25, 0.3) is 5.91 Å². The Morgan fingerprint density at radius 3 is 2.48 bits per heavy atom. The Kier molecular flexibility index (Phi) is 4.79. The van der Waals surface area contributed by atoms with E-state index in [1.807, 2.05) is 12.1 Å². The van der Waals surface area contributed by atoms with E-state index in [1.54, 1.807) is 6.07 Å². The second-order valence-corrected chi connectivity index (χ2v) is 6.77. The van der Waals surface area contributed by atoms with Gasteiger partial charge in [-0.05, 0) is 37.5 Å². The highest BCUT2D eigenvalue weighted by Crippen LogP contribution is 2.35. The van der Waals surface area contributed by atoms with Crippen molar-refractivity contribution >= 4 is 44.6 Å². The van der Waals surface area contributed by atoms with Gasteiger partial charge in [0.15, 0.2) is 0 Å². The summed E-state index contributed by atoms with van der Waals surface area (Å²) >= 11 is 7.40. The van der Waals surface area contributed by atoms with Crippen LogP contribution in [0.2, 0.25) is 5.02 Å². The third-order valence-electron chi connectivity index (χ3n) is 4.31. The molecule has 1 aromatic carbocycles. The molecule has 0 fully saturated rings. The molecule has 1 amide bonds. The number of fused-ring (bicyclic) bond motifs is 1. The van der Waals surface area contributed by atoms with E-state index in [1.165, 1.54) is 11.3 Å². The number of amides is 1. The molecule has 3 N–H and O–H groups in total. The van der Waals surface area contributed by atoms with E-state index < -0.39 is 0 Å². The molecule has 5 heteroatoms. The van der Waals surface area contributed by atoms with Gasteiger partial charge >= 0.3 is 0 Å². The lowest BCUT2D eigenvalue weighted by atomic mass is 9.89. The highest BCUT2D eigenvalue weighted by Gasteiger charge is 2.28. The summed E-state index contributed by atoms with van der Waals surface area (Å²) in [4.78, 5) is 13.2. The lowest BCUT2D eigenvalue weighted by molar-refractivity contribution is 0.0893. The monoisotopic (exact) mass is 324 g/mol. The van der Waals surface area contributed by atoms with Crippen LogP contribution in [0.5, 0.6) is 0 Å². The fourth-order valence-electron chi connectivity index (χ4n) is 2.57. The van der Waals surface area contributed by atoms with E-state index in [2.05, 4.69) is 26.1 Å². The first kappa shape index (κ1) is 16.1. The van der Waals surface area contributed by atoms with E-state index in [9.17, 15) is 4.79 Å². The number of nitrogens with two attached hydrogens (primary N) is 1. The van der Waals surface area contributed by atoms with Crippen molar-refractivity contribution in [3.8, 4) is 0 Å². The van der Waals surface area contributed by atoms with Gasteiger partial charge in [-0.25, -0.2) is 0 Å². The molecule has 0 spiro atoms. The molecule has 0 saturated carbocycles. The Bertz CT molecular complexity index is 653. The molecule has 114 valence electrons.